The Labute approximate surface area is 198 Å². The first-order valence-electron chi connectivity index (χ1n) is 11.4. The lowest BCUT2D eigenvalue weighted by Crippen LogP contribution is -2.39. The highest BCUT2D eigenvalue weighted by atomic mass is 16.4. The van der Waals surface area contributed by atoms with E-state index in [2.05, 4.69) is 20.6 Å². The number of carbonyl (C=O) groups excluding carboxylic acids is 1. The molecule has 8 heteroatoms. The molecule has 3 aromatic rings. The summed E-state index contributed by atoms with van der Waals surface area (Å²) < 4.78 is 0. The molecule has 1 aliphatic carbocycles. The van der Waals surface area contributed by atoms with Crippen molar-refractivity contribution in [2.75, 3.05) is 5.32 Å². The van der Waals surface area contributed by atoms with Crippen LogP contribution in [0.1, 0.15) is 55.6 Å². The number of carbonyl (C=O) groups is 2. The van der Waals surface area contributed by atoms with Gasteiger partial charge < -0.3 is 15.7 Å². The number of hydrogen-bond acceptors (Lipinski definition) is 6. The standard InChI is InChI=1S/C26H27N5O3/c1-15(2)25(32)22-14-29-23-10-4-16(17-3-5-20(12-27)28-13-17)11-21(23)24(22)30-18-6-8-19(9-7-18)31-26(33)34/h3-5,10-11,13-15,18-19,31H,6-9H2,1-2H3,(H,29,30)(H,33,34)/t18-,19-. The Morgan fingerprint density at radius 3 is 2.35 bits per heavy atom. The minimum absolute atomic E-state index is 0.0172. The minimum atomic E-state index is -0.994. The number of fused-ring (bicyclic) bond motifs is 1. The summed E-state index contributed by atoms with van der Waals surface area (Å²) in [6.45, 7) is 3.75. The molecule has 1 aromatic carbocycles. The van der Waals surface area contributed by atoms with E-state index in [-0.39, 0.29) is 23.8 Å². The van der Waals surface area contributed by atoms with Gasteiger partial charge in [0.25, 0.3) is 0 Å². The Morgan fingerprint density at radius 1 is 1.03 bits per heavy atom. The number of pyridine rings is 2. The summed E-state index contributed by atoms with van der Waals surface area (Å²) in [6.07, 6.45) is 5.39. The molecule has 0 spiro atoms. The number of benzene rings is 1. The van der Waals surface area contributed by atoms with E-state index in [9.17, 15) is 9.59 Å². The summed E-state index contributed by atoms with van der Waals surface area (Å²) in [7, 11) is 0. The summed E-state index contributed by atoms with van der Waals surface area (Å²) in [4.78, 5) is 32.7. The van der Waals surface area contributed by atoms with Crippen molar-refractivity contribution in [1.82, 2.24) is 15.3 Å². The van der Waals surface area contributed by atoms with Gasteiger partial charge in [-0.15, -0.1) is 0 Å². The first-order valence-corrected chi connectivity index (χ1v) is 11.4. The summed E-state index contributed by atoms with van der Waals surface area (Å²) in [5.41, 5.74) is 4.23. The second-order valence-electron chi connectivity index (χ2n) is 8.98. The molecule has 0 unspecified atom stereocenters. The van der Waals surface area contributed by atoms with E-state index in [0.717, 1.165) is 53.4 Å². The maximum Gasteiger partial charge on any atom is 0.404 e. The number of nitriles is 1. The molecule has 34 heavy (non-hydrogen) atoms. The highest BCUT2D eigenvalue weighted by molar-refractivity contribution is 6.09. The van der Waals surface area contributed by atoms with Crippen LogP contribution in [0.4, 0.5) is 10.5 Å². The zero-order valence-corrected chi connectivity index (χ0v) is 19.2. The van der Waals surface area contributed by atoms with Crippen molar-refractivity contribution in [2.24, 2.45) is 5.92 Å². The van der Waals surface area contributed by atoms with Crippen molar-refractivity contribution in [3.8, 4) is 17.2 Å². The van der Waals surface area contributed by atoms with Crippen molar-refractivity contribution >= 4 is 28.5 Å². The summed E-state index contributed by atoms with van der Waals surface area (Å²) >= 11 is 0. The van der Waals surface area contributed by atoms with Crippen LogP contribution in [0, 0.1) is 17.2 Å². The Balaban J connectivity index is 1.72. The molecule has 1 fully saturated rings. The average molecular weight is 458 g/mol. The van der Waals surface area contributed by atoms with Gasteiger partial charge in [-0.3, -0.25) is 9.78 Å². The molecule has 0 radical (unpaired) electrons. The van der Waals surface area contributed by atoms with E-state index in [1.165, 1.54) is 0 Å². The van der Waals surface area contributed by atoms with Gasteiger partial charge in [-0.25, -0.2) is 9.78 Å². The van der Waals surface area contributed by atoms with Gasteiger partial charge in [0.2, 0.25) is 0 Å². The summed E-state index contributed by atoms with van der Waals surface area (Å²) in [5.74, 6) is -0.162. The first kappa shape index (κ1) is 23.2. The van der Waals surface area contributed by atoms with Crippen LogP contribution in [0.25, 0.3) is 22.0 Å². The van der Waals surface area contributed by atoms with Crippen LogP contribution >= 0.6 is 0 Å². The fourth-order valence-corrected chi connectivity index (χ4v) is 4.42. The molecule has 1 aliphatic rings. The molecule has 4 rings (SSSR count). The van der Waals surface area contributed by atoms with Crippen LogP contribution in [0.15, 0.2) is 42.7 Å². The number of nitrogens with zero attached hydrogens (tertiary/aromatic N) is 3. The molecule has 0 aliphatic heterocycles. The molecule has 1 saturated carbocycles. The normalized spacial score (nSPS) is 17.8. The largest absolute Gasteiger partial charge is 0.465 e. The number of carboxylic acid groups (broad SMARTS) is 1. The quantitative estimate of drug-likeness (QED) is 0.444. The zero-order valence-electron chi connectivity index (χ0n) is 19.2. The molecule has 2 heterocycles. The Morgan fingerprint density at radius 2 is 1.74 bits per heavy atom. The number of amides is 1. The number of aromatic nitrogens is 2. The monoisotopic (exact) mass is 457 g/mol. The Hall–Kier alpha value is -3.99. The third-order valence-corrected chi connectivity index (χ3v) is 6.27. The van der Waals surface area contributed by atoms with Crippen LogP contribution in [-0.2, 0) is 0 Å². The number of hydrogen-bond donors (Lipinski definition) is 3. The smallest absolute Gasteiger partial charge is 0.404 e. The third kappa shape index (κ3) is 4.99. The second-order valence-corrected chi connectivity index (χ2v) is 8.98. The third-order valence-electron chi connectivity index (χ3n) is 6.27. The lowest BCUT2D eigenvalue weighted by molar-refractivity contribution is 0.0940. The minimum Gasteiger partial charge on any atom is -0.465 e. The van der Waals surface area contributed by atoms with E-state index in [1.54, 1.807) is 18.5 Å². The maximum atomic E-state index is 13.1. The molecule has 3 N–H and O–H groups in total. The average Bonchev–Trinajstić information content (AvgIpc) is 2.84. The SMILES string of the molecule is CC(C)C(=O)c1cnc2ccc(-c3ccc(C#N)nc3)cc2c1N[C@H]1CC[C@H](NC(=O)O)CC1. The lowest BCUT2D eigenvalue weighted by atomic mass is 9.90. The number of ketones is 1. The van der Waals surface area contributed by atoms with Crippen LogP contribution < -0.4 is 10.6 Å². The molecule has 174 valence electrons. The van der Waals surface area contributed by atoms with E-state index >= 15 is 0 Å². The predicted molar refractivity (Wildman–Crippen MR) is 130 cm³/mol. The highest BCUT2D eigenvalue weighted by Crippen LogP contribution is 2.34. The van der Waals surface area contributed by atoms with Crippen molar-refractivity contribution in [3.63, 3.8) is 0 Å². The fraction of sp³-hybridized carbons (Fsp3) is 0.346. The summed E-state index contributed by atoms with van der Waals surface area (Å²) in [5, 5.41) is 25.0. The van der Waals surface area contributed by atoms with Crippen LogP contribution in [0.5, 0.6) is 0 Å². The molecular weight excluding hydrogens is 430 g/mol. The van der Waals surface area contributed by atoms with E-state index in [1.807, 2.05) is 44.2 Å². The number of nitrogens with one attached hydrogen (secondary N) is 2. The van der Waals surface area contributed by atoms with Gasteiger partial charge in [0.15, 0.2) is 5.78 Å². The van der Waals surface area contributed by atoms with Gasteiger partial charge >= 0.3 is 6.09 Å². The predicted octanol–water partition coefficient (Wildman–Crippen LogP) is 5.00. The van der Waals surface area contributed by atoms with Crippen LogP contribution in [0.3, 0.4) is 0 Å². The Bertz CT molecular complexity index is 1260. The highest BCUT2D eigenvalue weighted by Gasteiger charge is 2.25. The van der Waals surface area contributed by atoms with Gasteiger partial charge in [-0.2, -0.15) is 5.26 Å². The number of rotatable bonds is 6. The van der Waals surface area contributed by atoms with Crippen LogP contribution in [-0.4, -0.2) is 39.0 Å². The van der Waals surface area contributed by atoms with Crippen molar-refractivity contribution in [3.05, 3.63) is 54.0 Å². The van der Waals surface area contributed by atoms with Gasteiger partial charge in [-0.05, 0) is 55.5 Å². The van der Waals surface area contributed by atoms with Crippen molar-refractivity contribution in [2.45, 2.75) is 51.6 Å². The van der Waals surface area contributed by atoms with Crippen molar-refractivity contribution in [1.29, 1.82) is 5.26 Å². The van der Waals surface area contributed by atoms with E-state index in [4.69, 9.17) is 10.4 Å². The van der Waals surface area contributed by atoms with Gasteiger partial charge in [0.05, 0.1) is 16.8 Å². The second kappa shape index (κ2) is 9.87. The van der Waals surface area contributed by atoms with E-state index < -0.39 is 6.09 Å². The topological polar surface area (TPSA) is 128 Å². The number of Topliss-reactive ketones (excluding diaryl/α,β-unsaturated/α-hetero) is 1. The van der Waals surface area contributed by atoms with Crippen LogP contribution in [0.2, 0.25) is 0 Å². The lowest BCUT2D eigenvalue weighted by Gasteiger charge is -2.30. The van der Waals surface area contributed by atoms with Crippen molar-refractivity contribution < 1.29 is 14.7 Å². The van der Waals surface area contributed by atoms with Gasteiger partial charge in [-0.1, -0.05) is 19.9 Å². The molecule has 8 nitrogen and oxygen atoms in total. The zero-order chi connectivity index (χ0) is 24.2. The maximum absolute atomic E-state index is 13.1. The molecular formula is C26H27N5O3. The molecule has 0 saturated heterocycles. The molecule has 0 bridgehead atoms. The Kier molecular flexibility index (Phi) is 6.73. The summed E-state index contributed by atoms with van der Waals surface area (Å²) in [6, 6.07) is 11.5. The molecule has 1 amide bonds. The number of anilines is 1. The first-order chi connectivity index (χ1) is 16.4. The van der Waals surface area contributed by atoms with E-state index in [0.29, 0.717) is 11.3 Å². The van der Waals surface area contributed by atoms with Gasteiger partial charge in [0.1, 0.15) is 11.8 Å². The fourth-order valence-electron chi connectivity index (χ4n) is 4.42. The van der Waals surface area contributed by atoms with Gasteiger partial charge in [0, 0.05) is 41.3 Å². The molecule has 2 aromatic heterocycles. The molecule has 0 atom stereocenters.